The lowest BCUT2D eigenvalue weighted by atomic mass is 10.0. The Labute approximate surface area is 256 Å². The standard InChI is InChI=1S/C32H31Cl2N3O4S/c1-42(40,41)36(21-24-10-4-2-5-11-24)23-30(38)37(22-25-16-18-28(33)19-17-25)31(26-12-6-3-7-13-26)32(39)35-20-27-14-8-9-15-29(27)34/h2-19,31H,20-23H2,1H3,(H,35,39)/t31-/m1/s1. The third-order valence-electron chi connectivity index (χ3n) is 6.66. The van der Waals surface area contributed by atoms with E-state index in [1.54, 1.807) is 84.9 Å². The van der Waals surface area contributed by atoms with Crippen molar-refractivity contribution in [2.75, 3.05) is 12.8 Å². The Morgan fingerprint density at radius 3 is 1.95 bits per heavy atom. The first kappa shape index (κ1) is 31.3. The molecule has 0 spiro atoms. The summed E-state index contributed by atoms with van der Waals surface area (Å²) in [6.07, 6.45) is 1.07. The Balaban J connectivity index is 1.70. The third kappa shape index (κ3) is 8.66. The average Bonchev–Trinajstić information content (AvgIpc) is 2.97. The number of nitrogens with one attached hydrogen (secondary N) is 1. The number of carbonyl (C=O) groups excluding carboxylic acids is 2. The molecule has 4 aromatic carbocycles. The largest absolute Gasteiger partial charge is 0.350 e. The lowest BCUT2D eigenvalue weighted by molar-refractivity contribution is -0.141. The van der Waals surface area contributed by atoms with Gasteiger partial charge in [-0.1, -0.05) is 114 Å². The monoisotopic (exact) mass is 623 g/mol. The van der Waals surface area contributed by atoms with Crippen LogP contribution >= 0.6 is 23.2 Å². The zero-order valence-electron chi connectivity index (χ0n) is 23.0. The van der Waals surface area contributed by atoms with Gasteiger partial charge in [-0.3, -0.25) is 9.59 Å². The van der Waals surface area contributed by atoms with Crippen LogP contribution < -0.4 is 5.32 Å². The van der Waals surface area contributed by atoms with Crippen LogP contribution in [-0.2, 0) is 39.2 Å². The molecular weight excluding hydrogens is 593 g/mol. The van der Waals surface area contributed by atoms with Crippen LogP contribution in [0.3, 0.4) is 0 Å². The predicted molar refractivity (Wildman–Crippen MR) is 166 cm³/mol. The summed E-state index contributed by atoms with van der Waals surface area (Å²) >= 11 is 12.4. The smallest absolute Gasteiger partial charge is 0.247 e. The molecule has 0 aliphatic rings. The second kappa shape index (κ2) is 14.5. The Morgan fingerprint density at radius 2 is 1.33 bits per heavy atom. The predicted octanol–water partition coefficient (Wildman–Crippen LogP) is 5.84. The van der Waals surface area contributed by atoms with Crippen molar-refractivity contribution < 1.29 is 18.0 Å². The number of benzene rings is 4. The second-order valence-electron chi connectivity index (χ2n) is 9.79. The molecule has 0 radical (unpaired) electrons. The maximum absolute atomic E-state index is 14.1. The van der Waals surface area contributed by atoms with Gasteiger partial charge in [-0.05, 0) is 40.5 Å². The summed E-state index contributed by atoms with van der Waals surface area (Å²) in [4.78, 5) is 29.4. The quantitative estimate of drug-likeness (QED) is 0.215. The molecule has 0 aliphatic heterocycles. The lowest BCUT2D eigenvalue weighted by Gasteiger charge is -2.33. The van der Waals surface area contributed by atoms with E-state index in [1.807, 2.05) is 24.3 Å². The average molecular weight is 625 g/mol. The SMILES string of the molecule is CS(=O)(=O)N(CC(=O)N(Cc1ccc(Cl)cc1)[C@@H](C(=O)NCc1ccccc1Cl)c1ccccc1)Cc1ccccc1. The van der Waals surface area contributed by atoms with E-state index in [9.17, 15) is 18.0 Å². The van der Waals surface area contributed by atoms with Crippen LogP contribution in [0.1, 0.15) is 28.3 Å². The van der Waals surface area contributed by atoms with Crippen LogP contribution in [-0.4, -0.2) is 42.2 Å². The van der Waals surface area contributed by atoms with Crippen molar-refractivity contribution in [2.24, 2.45) is 0 Å². The number of sulfonamides is 1. The first-order valence-corrected chi connectivity index (χ1v) is 15.8. The van der Waals surface area contributed by atoms with Crippen molar-refractivity contribution in [3.63, 3.8) is 0 Å². The minimum Gasteiger partial charge on any atom is -0.350 e. The summed E-state index contributed by atoms with van der Waals surface area (Å²) in [6.45, 7) is -0.260. The van der Waals surface area contributed by atoms with Gasteiger partial charge >= 0.3 is 0 Å². The molecule has 0 heterocycles. The van der Waals surface area contributed by atoms with Gasteiger partial charge in [0.05, 0.1) is 12.8 Å². The topological polar surface area (TPSA) is 86.8 Å². The summed E-state index contributed by atoms with van der Waals surface area (Å²) in [5.41, 5.74) is 2.75. The van der Waals surface area contributed by atoms with Crippen LogP contribution in [0, 0.1) is 0 Å². The zero-order valence-corrected chi connectivity index (χ0v) is 25.3. The van der Waals surface area contributed by atoms with Gasteiger partial charge in [-0.2, -0.15) is 4.31 Å². The van der Waals surface area contributed by atoms with Crippen molar-refractivity contribution in [3.05, 3.63) is 141 Å². The maximum atomic E-state index is 14.1. The molecule has 7 nitrogen and oxygen atoms in total. The summed E-state index contributed by atoms with van der Waals surface area (Å²) in [6, 6.07) is 31.0. The minimum atomic E-state index is -3.78. The highest BCUT2D eigenvalue weighted by Gasteiger charge is 2.33. The van der Waals surface area contributed by atoms with E-state index < -0.39 is 34.4 Å². The van der Waals surface area contributed by atoms with E-state index in [2.05, 4.69) is 5.32 Å². The van der Waals surface area contributed by atoms with Crippen molar-refractivity contribution in [3.8, 4) is 0 Å². The lowest BCUT2D eigenvalue weighted by Crippen LogP contribution is -2.47. The van der Waals surface area contributed by atoms with Crippen LogP contribution in [0.15, 0.2) is 109 Å². The van der Waals surface area contributed by atoms with E-state index in [0.29, 0.717) is 15.6 Å². The highest BCUT2D eigenvalue weighted by atomic mass is 35.5. The molecule has 1 atom stereocenters. The number of nitrogens with zero attached hydrogens (tertiary/aromatic N) is 2. The van der Waals surface area contributed by atoms with Crippen LogP contribution in [0.5, 0.6) is 0 Å². The summed E-state index contributed by atoms with van der Waals surface area (Å²) < 4.78 is 26.7. The van der Waals surface area contributed by atoms with Gasteiger partial charge in [-0.15, -0.1) is 0 Å². The van der Waals surface area contributed by atoms with Crippen molar-refractivity contribution in [1.82, 2.24) is 14.5 Å². The molecule has 0 aliphatic carbocycles. The fourth-order valence-corrected chi connectivity index (χ4v) is 5.52. The Morgan fingerprint density at radius 1 is 0.762 bits per heavy atom. The molecule has 0 bridgehead atoms. The van der Waals surface area contributed by atoms with Crippen molar-refractivity contribution >= 4 is 45.0 Å². The van der Waals surface area contributed by atoms with Crippen LogP contribution in [0.25, 0.3) is 0 Å². The third-order valence-corrected chi connectivity index (χ3v) is 8.47. The van der Waals surface area contributed by atoms with Gasteiger partial charge < -0.3 is 10.2 Å². The van der Waals surface area contributed by atoms with Gasteiger partial charge in [0, 0.05) is 29.7 Å². The molecule has 0 saturated carbocycles. The van der Waals surface area contributed by atoms with Crippen LogP contribution in [0.4, 0.5) is 0 Å². The molecule has 10 heteroatoms. The molecule has 4 aromatic rings. The van der Waals surface area contributed by atoms with Gasteiger partial charge in [0.1, 0.15) is 6.04 Å². The van der Waals surface area contributed by atoms with Crippen LogP contribution in [0.2, 0.25) is 10.0 Å². The highest BCUT2D eigenvalue weighted by Crippen LogP contribution is 2.26. The molecule has 0 fully saturated rings. The number of carbonyl (C=O) groups is 2. The molecule has 1 N–H and O–H groups in total. The number of halogens is 2. The first-order valence-electron chi connectivity index (χ1n) is 13.2. The second-order valence-corrected chi connectivity index (χ2v) is 12.6. The fraction of sp³-hybridized carbons (Fsp3) is 0.188. The summed E-state index contributed by atoms with van der Waals surface area (Å²) in [7, 11) is -3.78. The molecule has 4 rings (SSSR count). The number of amides is 2. The molecule has 0 aromatic heterocycles. The maximum Gasteiger partial charge on any atom is 0.247 e. The molecule has 2 amide bonds. The Bertz CT molecular complexity index is 1600. The normalized spacial score (nSPS) is 12.1. The Kier molecular flexibility index (Phi) is 10.8. The van der Waals surface area contributed by atoms with E-state index in [1.165, 1.54) is 4.90 Å². The molecule has 42 heavy (non-hydrogen) atoms. The van der Waals surface area contributed by atoms with Gasteiger partial charge in [0.25, 0.3) is 0 Å². The minimum absolute atomic E-state index is 0.00883. The zero-order chi connectivity index (χ0) is 30.1. The number of hydrogen-bond donors (Lipinski definition) is 1. The molecular formula is C32H31Cl2N3O4S. The van der Waals surface area contributed by atoms with Crippen molar-refractivity contribution in [1.29, 1.82) is 0 Å². The van der Waals surface area contributed by atoms with Gasteiger partial charge in [-0.25, -0.2) is 8.42 Å². The summed E-state index contributed by atoms with van der Waals surface area (Å²) in [5, 5.41) is 3.96. The van der Waals surface area contributed by atoms with E-state index in [0.717, 1.165) is 27.3 Å². The number of rotatable bonds is 12. The fourth-order valence-electron chi connectivity index (χ4n) is 4.46. The highest BCUT2D eigenvalue weighted by molar-refractivity contribution is 7.88. The van der Waals surface area contributed by atoms with Gasteiger partial charge in [0.2, 0.25) is 21.8 Å². The molecule has 0 saturated heterocycles. The van der Waals surface area contributed by atoms with E-state index in [-0.39, 0.29) is 19.6 Å². The van der Waals surface area contributed by atoms with E-state index in [4.69, 9.17) is 23.2 Å². The first-order chi connectivity index (χ1) is 20.1. The van der Waals surface area contributed by atoms with Gasteiger partial charge in [0.15, 0.2) is 0 Å². The molecule has 218 valence electrons. The van der Waals surface area contributed by atoms with Crippen molar-refractivity contribution in [2.45, 2.75) is 25.7 Å². The Hall–Kier alpha value is -3.69. The molecule has 0 unspecified atom stereocenters. The van der Waals surface area contributed by atoms with E-state index >= 15 is 0 Å². The number of hydrogen-bond acceptors (Lipinski definition) is 4. The summed E-state index contributed by atoms with van der Waals surface area (Å²) in [5.74, 6) is -0.967.